The van der Waals surface area contributed by atoms with Crippen molar-refractivity contribution >= 4 is 21.7 Å². The first-order valence-electron chi connectivity index (χ1n) is 5.81. The lowest BCUT2D eigenvalue weighted by molar-refractivity contribution is 0.103. The smallest absolute Gasteiger partial charge is 0.196 e. The maximum atomic E-state index is 13.7. The van der Waals surface area contributed by atoms with E-state index in [4.69, 9.17) is 0 Å². The van der Waals surface area contributed by atoms with Crippen molar-refractivity contribution in [3.8, 4) is 0 Å². The molecule has 0 bridgehead atoms. The molecule has 2 rings (SSSR count). The molecule has 98 valence electrons. The largest absolute Gasteiger partial charge is 0.288 e. The Morgan fingerprint density at radius 2 is 1.74 bits per heavy atom. The van der Waals surface area contributed by atoms with Crippen LogP contribution in [-0.4, -0.2) is 5.78 Å². The Labute approximate surface area is 118 Å². The third kappa shape index (κ3) is 2.89. The van der Waals surface area contributed by atoms with Crippen molar-refractivity contribution in [2.45, 2.75) is 13.3 Å². The summed E-state index contributed by atoms with van der Waals surface area (Å²) in [5.74, 6) is -1.92. The monoisotopic (exact) mass is 324 g/mol. The highest BCUT2D eigenvalue weighted by molar-refractivity contribution is 9.10. The fourth-order valence-electron chi connectivity index (χ4n) is 1.74. The lowest BCUT2D eigenvalue weighted by atomic mass is 10.0. The van der Waals surface area contributed by atoms with E-state index in [1.807, 2.05) is 6.92 Å². The Bertz CT molecular complexity index is 621. The van der Waals surface area contributed by atoms with E-state index in [2.05, 4.69) is 15.9 Å². The van der Waals surface area contributed by atoms with Crippen LogP contribution in [0.2, 0.25) is 0 Å². The highest BCUT2D eigenvalue weighted by Crippen LogP contribution is 2.22. The number of ketones is 1. The summed E-state index contributed by atoms with van der Waals surface area (Å²) in [5, 5.41) is 0. The molecule has 0 aliphatic heterocycles. The average Bonchev–Trinajstić information content (AvgIpc) is 2.42. The molecular formula is C15H11BrF2O. The summed E-state index contributed by atoms with van der Waals surface area (Å²) in [5.41, 5.74) is 1.17. The van der Waals surface area contributed by atoms with Crippen molar-refractivity contribution in [1.29, 1.82) is 0 Å². The van der Waals surface area contributed by atoms with Crippen molar-refractivity contribution in [3.63, 3.8) is 0 Å². The molecule has 0 saturated carbocycles. The topological polar surface area (TPSA) is 17.1 Å². The molecule has 0 amide bonds. The van der Waals surface area contributed by atoms with Crippen molar-refractivity contribution in [3.05, 3.63) is 69.2 Å². The van der Waals surface area contributed by atoms with Gasteiger partial charge in [-0.3, -0.25) is 4.79 Å². The zero-order valence-corrected chi connectivity index (χ0v) is 11.8. The molecule has 0 spiro atoms. The number of halogens is 3. The Morgan fingerprint density at radius 1 is 1.11 bits per heavy atom. The van der Waals surface area contributed by atoms with Gasteiger partial charge in [-0.05, 0) is 40.0 Å². The normalized spacial score (nSPS) is 10.5. The second-order valence-corrected chi connectivity index (χ2v) is 4.98. The first kappa shape index (κ1) is 13.9. The van der Waals surface area contributed by atoms with Crippen LogP contribution in [0.5, 0.6) is 0 Å². The summed E-state index contributed by atoms with van der Waals surface area (Å²) >= 11 is 2.88. The molecule has 0 heterocycles. The molecule has 0 saturated heterocycles. The first-order valence-corrected chi connectivity index (χ1v) is 6.60. The number of benzene rings is 2. The van der Waals surface area contributed by atoms with Gasteiger partial charge in [0.15, 0.2) is 5.78 Å². The molecule has 1 nitrogen and oxygen atoms in total. The minimum atomic E-state index is -0.738. The number of rotatable bonds is 3. The molecule has 19 heavy (non-hydrogen) atoms. The minimum absolute atomic E-state index is 0.00267. The van der Waals surface area contributed by atoms with Crippen LogP contribution in [0.15, 0.2) is 40.9 Å². The SMILES string of the molecule is CCc1ccc(C(=O)c2cc(F)c(Br)cc2F)cc1. The number of hydrogen-bond acceptors (Lipinski definition) is 1. The Kier molecular flexibility index (Phi) is 4.10. The van der Waals surface area contributed by atoms with Gasteiger partial charge in [-0.25, -0.2) is 8.78 Å². The summed E-state index contributed by atoms with van der Waals surface area (Å²) in [6.45, 7) is 2.00. The van der Waals surface area contributed by atoms with E-state index in [-0.39, 0.29) is 10.0 Å². The van der Waals surface area contributed by atoms with Gasteiger partial charge in [0.25, 0.3) is 0 Å². The van der Waals surface area contributed by atoms with Crippen molar-refractivity contribution in [2.24, 2.45) is 0 Å². The summed E-state index contributed by atoms with van der Waals surface area (Å²) < 4.78 is 27.1. The third-order valence-corrected chi connectivity index (χ3v) is 3.49. The van der Waals surface area contributed by atoms with E-state index < -0.39 is 17.4 Å². The second-order valence-electron chi connectivity index (χ2n) is 4.13. The van der Waals surface area contributed by atoms with Crippen LogP contribution in [0.1, 0.15) is 28.4 Å². The first-order chi connectivity index (χ1) is 9.02. The van der Waals surface area contributed by atoms with Gasteiger partial charge in [0, 0.05) is 5.56 Å². The third-order valence-electron chi connectivity index (χ3n) is 2.88. The zero-order valence-electron chi connectivity index (χ0n) is 10.2. The van der Waals surface area contributed by atoms with Gasteiger partial charge in [0.05, 0.1) is 10.0 Å². The maximum absolute atomic E-state index is 13.7. The van der Waals surface area contributed by atoms with Crippen LogP contribution < -0.4 is 0 Å². The summed E-state index contributed by atoms with van der Waals surface area (Å²) in [4.78, 5) is 12.1. The molecule has 4 heteroatoms. The lowest BCUT2D eigenvalue weighted by Gasteiger charge is -2.05. The number of aryl methyl sites for hydroxylation is 1. The van der Waals surface area contributed by atoms with Gasteiger partial charge in [-0.15, -0.1) is 0 Å². The van der Waals surface area contributed by atoms with E-state index in [0.29, 0.717) is 5.56 Å². The van der Waals surface area contributed by atoms with Gasteiger partial charge in [-0.1, -0.05) is 31.2 Å². The standard InChI is InChI=1S/C15H11BrF2O/c1-2-9-3-5-10(6-4-9)15(19)11-7-14(18)12(16)8-13(11)17/h3-8H,2H2,1H3. The highest BCUT2D eigenvalue weighted by Gasteiger charge is 2.16. The Balaban J connectivity index is 2.40. The number of carbonyl (C=O) groups is 1. The lowest BCUT2D eigenvalue weighted by Crippen LogP contribution is -2.05. The van der Waals surface area contributed by atoms with Gasteiger partial charge in [0.1, 0.15) is 11.6 Å². The fourth-order valence-corrected chi connectivity index (χ4v) is 2.06. The second kappa shape index (κ2) is 5.61. The Morgan fingerprint density at radius 3 is 2.32 bits per heavy atom. The van der Waals surface area contributed by atoms with E-state index in [9.17, 15) is 13.6 Å². The van der Waals surface area contributed by atoms with Crippen LogP contribution in [0.25, 0.3) is 0 Å². The van der Waals surface area contributed by atoms with Gasteiger partial charge >= 0.3 is 0 Å². The van der Waals surface area contributed by atoms with Crippen LogP contribution in [-0.2, 0) is 6.42 Å². The van der Waals surface area contributed by atoms with Crippen molar-refractivity contribution in [2.75, 3.05) is 0 Å². The van der Waals surface area contributed by atoms with Gasteiger partial charge in [-0.2, -0.15) is 0 Å². The number of carbonyl (C=O) groups excluding carboxylic acids is 1. The van der Waals surface area contributed by atoms with Gasteiger partial charge in [0.2, 0.25) is 0 Å². The molecule has 0 aliphatic carbocycles. The molecule has 0 atom stereocenters. The quantitative estimate of drug-likeness (QED) is 0.599. The van der Waals surface area contributed by atoms with Crippen molar-refractivity contribution < 1.29 is 13.6 Å². The van der Waals surface area contributed by atoms with Crippen molar-refractivity contribution in [1.82, 2.24) is 0 Å². The molecule has 0 N–H and O–H groups in total. The summed E-state index contributed by atoms with van der Waals surface area (Å²) in [6.07, 6.45) is 0.857. The van der Waals surface area contributed by atoms with Crippen LogP contribution in [0, 0.1) is 11.6 Å². The van der Waals surface area contributed by atoms with Crippen LogP contribution in [0.3, 0.4) is 0 Å². The predicted octanol–water partition coefficient (Wildman–Crippen LogP) is 4.52. The highest BCUT2D eigenvalue weighted by atomic mass is 79.9. The van der Waals surface area contributed by atoms with Gasteiger partial charge < -0.3 is 0 Å². The Hall–Kier alpha value is -1.55. The fraction of sp³-hybridized carbons (Fsp3) is 0.133. The van der Waals surface area contributed by atoms with E-state index in [0.717, 1.165) is 24.1 Å². The molecule has 0 fully saturated rings. The van der Waals surface area contributed by atoms with E-state index in [1.54, 1.807) is 24.3 Å². The van der Waals surface area contributed by atoms with E-state index >= 15 is 0 Å². The molecule has 0 aromatic heterocycles. The summed E-state index contributed by atoms with van der Waals surface area (Å²) in [7, 11) is 0. The van der Waals surface area contributed by atoms with E-state index in [1.165, 1.54) is 0 Å². The summed E-state index contributed by atoms with van der Waals surface area (Å²) in [6, 6.07) is 8.74. The molecule has 2 aromatic rings. The zero-order chi connectivity index (χ0) is 14.0. The molecule has 0 radical (unpaired) electrons. The molecule has 0 unspecified atom stereocenters. The average molecular weight is 325 g/mol. The van der Waals surface area contributed by atoms with Crippen LogP contribution >= 0.6 is 15.9 Å². The maximum Gasteiger partial charge on any atom is 0.196 e. The molecule has 2 aromatic carbocycles. The number of hydrogen-bond donors (Lipinski definition) is 0. The predicted molar refractivity (Wildman–Crippen MR) is 73.3 cm³/mol. The minimum Gasteiger partial charge on any atom is -0.288 e. The van der Waals surface area contributed by atoms with Crippen LogP contribution in [0.4, 0.5) is 8.78 Å². The molecule has 0 aliphatic rings. The molecular weight excluding hydrogens is 314 g/mol.